The van der Waals surface area contributed by atoms with E-state index in [1.165, 1.54) is 24.3 Å². The zero-order valence-electron chi connectivity index (χ0n) is 17.5. The number of halogens is 3. The molecule has 0 radical (unpaired) electrons. The van der Waals surface area contributed by atoms with E-state index in [9.17, 15) is 13.2 Å². The highest BCUT2D eigenvalue weighted by Crippen LogP contribution is 2.28. The van der Waals surface area contributed by atoms with Crippen molar-refractivity contribution in [2.75, 3.05) is 19.0 Å². The monoisotopic (exact) mass is 444 g/mol. The lowest BCUT2D eigenvalue weighted by Crippen LogP contribution is -2.16. The highest BCUT2D eigenvalue weighted by Gasteiger charge is 2.31. The summed E-state index contributed by atoms with van der Waals surface area (Å²) in [6, 6.07) is 13.2. The van der Waals surface area contributed by atoms with Crippen LogP contribution in [-0.2, 0) is 6.42 Å². The van der Waals surface area contributed by atoms with Gasteiger partial charge in [-0.3, -0.25) is 0 Å². The van der Waals surface area contributed by atoms with Crippen molar-refractivity contribution in [3.05, 3.63) is 65.5 Å². The van der Waals surface area contributed by atoms with E-state index in [0.29, 0.717) is 17.7 Å². The number of nitrogens with zero attached hydrogens (tertiary/aromatic N) is 4. The smallest absolute Gasteiger partial charge is 0.438 e. The second kappa shape index (κ2) is 8.37. The molecule has 0 aliphatic rings. The summed E-state index contributed by atoms with van der Waals surface area (Å²) >= 11 is 0. The lowest BCUT2D eigenvalue weighted by atomic mass is 10.1. The van der Waals surface area contributed by atoms with E-state index in [4.69, 9.17) is 8.94 Å². The lowest BCUT2D eigenvalue weighted by Gasteiger charge is -2.13. The molecule has 4 aromatic rings. The van der Waals surface area contributed by atoms with Gasteiger partial charge in [0.1, 0.15) is 11.5 Å². The first-order valence-corrected chi connectivity index (χ1v) is 9.61. The van der Waals surface area contributed by atoms with Crippen LogP contribution in [0.5, 0.6) is 5.75 Å². The Morgan fingerprint density at radius 1 is 1.00 bits per heavy atom. The Balaban J connectivity index is 1.52. The fraction of sp³-hybridized carbons (Fsp3) is 0.227. The van der Waals surface area contributed by atoms with Gasteiger partial charge in [0, 0.05) is 31.8 Å². The molecule has 2 heterocycles. The van der Waals surface area contributed by atoms with E-state index < -0.39 is 6.36 Å². The number of aryl methyl sites for hydroxylation is 1. The Hall–Kier alpha value is -3.82. The van der Waals surface area contributed by atoms with Gasteiger partial charge in [-0.25, -0.2) is 4.98 Å². The van der Waals surface area contributed by atoms with Crippen molar-refractivity contribution in [1.29, 1.82) is 0 Å². The van der Waals surface area contributed by atoms with Gasteiger partial charge < -0.3 is 18.6 Å². The summed E-state index contributed by atoms with van der Waals surface area (Å²) in [6.07, 6.45) is -4.19. The summed E-state index contributed by atoms with van der Waals surface area (Å²) < 4.78 is 51.7. The number of benzene rings is 2. The van der Waals surface area contributed by atoms with Crippen LogP contribution in [0.3, 0.4) is 0 Å². The molecule has 166 valence electrons. The van der Waals surface area contributed by atoms with Crippen molar-refractivity contribution in [1.82, 2.24) is 15.1 Å². The van der Waals surface area contributed by atoms with Gasteiger partial charge in [0.25, 0.3) is 5.89 Å². The molecular weight excluding hydrogens is 425 g/mol. The van der Waals surface area contributed by atoms with E-state index in [2.05, 4.69) is 25.9 Å². The van der Waals surface area contributed by atoms with Gasteiger partial charge in [-0.05, 0) is 48.9 Å². The molecule has 0 aliphatic carbocycles. The van der Waals surface area contributed by atoms with Gasteiger partial charge in [0.2, 0.25) is 5.82 Å². The van der Waals surface area contributed by atoms with Crippen LogP contribution in [0.4, 0.5) is 18.9 Å². The van der Waals surface area contributed by atoms with Crippen LogP contribution in [0.25, 0.3) is 23.2 Å². The largest absolute Gasteiger partial charge is 0.573 e. The van der Waals surface area contributed by atoms with Gasteiger partial charge in [0.15, 0.2) is 0 Å². The third-order valence-corrected chi connectivity index (χ3v) is 4.65. The maximum Gasteiger partial charge on any atom is 0.573 e. The fourth-order valence-corrected chi connectivity index (χ4v) is 3.05. The van der Waals surface area contributed by atoms with Crippen LogP contribution < -0.4 is 9.64 Å². The van der Waals surface area contributed by atoms with Crippen molar-refractivity contribution < 1.29 is 26.8 Å². The molecule has 0 amide bonds. The van der Waals surface area contributed by atoms with Crippen molar-refractivity contribution in [2.24, 2.45) is 0 Å². The first-order chi connectivity index (χ1) is 15.2. The molecule has 2 aromatic carbocycles. The second-order valence-corrected chi connectivity index (χ2v) is 7.26. The minimum atomic E-state index is -4.75. The topological polar surface area (TPSA) is 77.4 Å². The lowest BCUT2D eigenvalue weighted by molar-refractivity contribution is -0.274. The van der Waals surface area contributed by atoms with Crippen LogP contribution >= 0.6 is 0 Å². The number of hydrogen-bond donors (Lipinski definition) is 0. The molecule has 0 aliphatic heterocycles. The van der Waals surface area contributed by atoms with Gasteiger partial charge >= 0.3 is 12.3 Å². The standard InChI is InChI=1S/C22H19F3N4O3/c1-13-18(12-14-5-4-6-16(11-14)29(2)3)26-20(30-13)21-27-19(28-32-21)15-7-9-17(10-8-15)31-22(23,24)25/h4-11H,12H2,1-3H3. The summed E-state index contributed by atoms with van der Waals surface area (Å²) in [7, 11) is 3.95. The highest BCUT2D eigenvalue weighted by molar-refractivity contribution is 5.57. The number of rotatable bonds is 6. The second-order valence-electron chi connectivity index (χ2n) is 7.26. The molecule has 4 rings (SSSR count). The Bertz CT molecular complexity index is 1210. The fourth-order valence-electron chi connectivity index (χ4n) is 3.05. The molecule has 0 N–H and O–H groups in total. The third kappa shape index (κ3) is 4.90. The first-order valence-electron chi connectivity index (χ1n) is 9.61. The van der Waals surface area contributed by atoms with Crippen LogP contribution in [-0.4, -0.2) is 35.6 Å². The summed E-state index contributed by atoms with van der Waals surface area (Å²) in [5.74, 6) is 0.735. The minimum absolute atomic E-state index is 0.0759. The molecule has 0 bridgehead atoms. The molecule has 0 saturated heterocycles. The van der Waals surface area contributed by atoms with Gasteiger partial charge in [-0.2, -0.15) is 4.98 Å². The Kier molecular flexibility index (Phi) is 5.60. The van der Waals surface area contributed by atoms with Crippen LogP contribution in [0.1, 0.15) is 17.0 Å². The molecular formula is C22H19F3N4O3. The van der Waals surface area contributed by atoms with E-state index in [0.717, 1.165) is 16.9 Å². The number of anilines is 1. The van der Waals surface area contributed by atoms with Crippen LogP contribution in [0.2, 0.25) is 0 Å². The van der Waals surface area contributed by atoms with Crippen LogP contribution in [0, 0.1) is 6.92 Å². The molecule has 0 fully saturated rings. The summed E-state index contributed by atoms with van der Waals surface area (Å²) in [5.41, 5.74) is 3.35. The molecule has 0 unspecified atom stereocenters. The van der Waals surface area contributed by atoms with Crippen molar-refractivity contribution >= 4 is 5.69 Å². The van der Waals surface area contributed by atoms with E-state index in [-0.39, 0.29) is 23.4 Å². The number of oxazole rings is 1. The molecule has 10 heteroatoms. The number of ether oxygens (including phenoxy) is 1. The number of alkyl halides is 3. The van der Waals surface area contributed by atoms with Crippen molar-refractivity contribution in [2.45, 2.75) is 19.7 Å². The Morgan fingerprint density at radius 2 is 1.75 bits per heavy atom. The number of hydrogen-bond acceptors (Lipinski definition) is 7. The van der Waals surface area contributed by atoms with E-state index in [1.807, 2.05) is 37.2 Å². The minimum Gasteiger partial charge on any atom is -0.438 e. The first kappa shape index (κ1) is 21.4. The Morgan fingerprint density at radius 3 is 2.44 bits per heavy atom. The maximum absolute atomic E-state index is 12.3. The molecule has 0 spiro atoms. The summed E-state index contributed by atoms with van der Waals surface area (Å²) in [6.45, 7) is 1.80. The molecule has 0 saturated carbocycles. The van der Waals surface area contributed by atoms with Gasteiger partial charge in [0.05, 0.1) is 5.69 Å². The zero-order chi connectivity index (χ0) is 22.9. The van der Waals surface area contributed by atoms with Gasteiger partial charge in [-0.15, -0.1) is 13.2 Å². The van der Waals surface area contributed by atoms with Crippen molar-refractivity contribution in [3.63, 3.8) is 0 Å². The van der Waals surface area contributed by atoms with E-state index in [1.54, 1.807) is 6.92 Å². The molecule has 7 nitrogen and oxygen atoms in total. The zero-order valence-corrected chi connectivity index (χ0v) is 17.5. The Labute approximate surface area is 181 Å². The maximum atomic E-state index is 12.3. The highest BCUT2D eigenvalue weighted by atomic mass is 19.4. The summed E-state index contributed by atoms with van der Waals surface area (Å²) in [4.78, 5) is 10.8. The average Bonchev–Trinajstić information content (AvgIpc) is 3.35. The third-order valence-electron chi connectivity index (χ3n) is 4.65. The average molecular weight is 444 g/mol. The van der Waals surface area contributed by atoms with Crippen LogP contribution in [0.15, 0.2) is 57.5 Å². The van der Waals surface area contributed by atoms with Gasteiger partial charge in [-0.1, -0.05) is 17.3 Å². The SMILES string of the molecule is Cc1oc(-c2nc(-c3ccc(OC(F)(F)F)cc3)no2)nc1Cc1cccc(N(C)C)c1. The quantitative estimate of drug-likeness (QED) is 0.402. The summed E-state index contributed by atoms with van der Waals surface area (Å²) in [5, 5.41) is 3.87. The number of aromatic nitrogens is 3. The predicted molar refractivity (Wildman–Crippen MR) is 110 cm³/mol. The normalized spacial score (nSPS) is 11.6. The predicted octanol–water partition coefficient (Wildman–Crippen LogP) is 5.26. The van der Waals surface area contributed by atoms with Crippen molar-refractivity contribution in [3.8, 4) is 28.9 Å². The van der Waals surface area contributed by atoms with E-state index >= 15 is 0 Å². The molecule has 0 atom stereocenters. The molecule has 32 heavy (non-hydrogen) atoms. The molecule has 2 aromatic heterocycles.